The van der Waals surface area contributed by atoms with Crippen molar-refractivity contribution >= 4 is 28.3 Å². The van der Waals surface area contributed by atoms with Crippen LogP contribution in [-0.4, -0.2) is 19.6 Å². The molecule has 0 unspecified atom stereocenters. The van der Waals surface area contributed by atoms with Crippen LogP contribution in [0, 0.1) is 20.8 Å². The highest BCUT2D eigenvalue weighted by Crippen LogP contribution is 2.24. The summed E-state index contributed by atoms with van der Waals surface area (Å²) >= 11 is 6.16. The monoisotopic (exact) mass is 246 g/mol. The Balaban J connectivity index is 2.60. The van der Waals surface area contributed by atoms with Crippen LogP contribution in [0.3, 0.4) is 0 Å². The van der Waals surface area contributed by atoms with Gasteiger partial charge in [0.15, 0.2) is 11.3 Å². The van der Waals surface area contributed by atoms with E-state index in [0.29, 0.717) is 10.8 Å². The standard InChI is InChI=1S/C12H11ClN4/c1-6-4-7(2)14-11-10(6)12-15-8(3)5-9(13)17(12)16-11/h4-5H,1-3H3. The lowest BCUT2D eigenvalue weighted by Gasteiger charge is -1.99. The first kappa shape index (κ1) is 10.5. The summed E-state index contributed by atoms with van der Waals surface area (Å²) in [6.07, 6.45) is 0. The second-order valence-corrected chi connectivity index (χ2v) is 4.62. The molecular weight excluding hydrogens is 236 g/mol. The summed E-state index contributed by atoms with van der Waals surface area (Å²) < 4.78 is 1.64. The third-order valence-electron chi connectivity index (χ3n) is 2.76. The van der Waals surface area contributed by atoms with Gasteiger partial charge in [0.1, 0.15) is 5.15 Å². The summed E-state index contributed by atoms with van der Waals surface area (Å²) in [6, 6.07) is 3.82. The van der Waals surface area contributed by atoms with Crippen molar-refractivity contribution in [3.8, 4) is 0 Å². The predicted molar refractivity (Wildman–Crippen MR) is 67.5 cm³/mol. The number of hydrogen-bond donors (Lipinski definition) is 0. The van der Waals surface area contributed by atoms with Crippen molar-refractivity contribution in [1.29, 1.82) is 0 Å². The maximum Gasteiger partial charge on any atom is 0.184 e. The van der Waals surface area contributed by atoms with E-state index in [1.807, 2.05) is 26.8 Å². The molecule has 3 rings (SSSR count). The normalized spacial score (nSPS) is 11.5. The number of aromatic nitrogens is 4. The Morgan fingerprint density at radius 2 is 1.76 bits per heavy atom. The van der Waals surface area contributed by atoms with E-state index in [1.54, 1.807) is 10.6 Å². The van der Waals surface area contributed by atoms with Gasteiger partial charge in [-0.05, 0) is 38.5 Å². The van der Waals surface area contributed by atoms with E-state index < -0.39 is 0 Å². The Kier molecular flexibility index (Phi) is 2.10. The van der Waals surface area contributed by atoms with Crippen LogP contribution in [0.2, 0.25) is 5.15 Å². The lowest BCUT2D eigenvalue weighted by molar-refractivity contribution is 0.937. The third-order valence-corrected chi connectivity index (χ3v) is 3.03. The van der Waals surface area contributed by atoms with Crippen molar-refractivity contribution in [3.05, 3.63) is 34.2 Å². The van der Waals surface area contributed by atoms with Gasteiger partial charge in [0, 0.05) is 11.4 Å². The molecule has 0 aliphatic rings. The van der Waals surface area contributed by atoms with Gasteiger partial charge >= 0.3 is 0 Å². The smallest absolute Gasteiger partial charge is 0.184 e. The fourth-order valence-electron chi connectivity index (χ4n) is 2.10. The number of fused-ring (bicyclic) bond motifs is 3. The number of aryl methyl sites for hydroxylation is 3. The molecule has 0 aliphatic heterocycles. The van der Waals surface area contributed by atoms with Crippen molar-refractivity contribution < 1.29 is 0 Å². The largest absolute Gasteiger partial charge is 0.233 e. The molecule has 0 spiro atoms. The van der Waals surface area contributed by atoms with Crippen LogP contribution in [-0.2, 0) is 0 Å². The number of halogens is 1. The summed E-state index contributed by atoms with van der Waals surface area (Å²) in [6.45, 7) is 5.91. The average molecular weight is 247 g/mol. The van der Waals surface area contributed by atoms with Crippen LogP contribution < -0.4 is 0 Å². The minimum absolute atomic E-state index is 0.558. The van der Waals surface area contributed by atoms with Crippen molar-refractivity contribution in [2.45, 2.75) is 20.8 Å². The highest BCUT2D eigenvalue weighted by atomic mass is 35.5. The third kappa shape index (κ3) is 1.48. The van der Waals surface area contributed by atoms with E-state index in [-0.39, 0.29) is 0 Å². The molecule has 4 nitrogen and oxygen atoms in total. The van der Waals surface area contributed by atoms with Crippen LogP contribution in [0.5, 0.6) is 0 Å². The quantitative estimate of drug-likeness (QED) is 0.573. The fraction of sp³-hybridized carbons (Fsp3) is 0.250. The molecule has 0 aromatic carbocycles. The molecule has 0 aliphatic carbocycles. The molecule has 3 heterocycles. The Morgan fingerprint density at radius 1 is 1.06 bits per heavy atom. The molecule has 0 saturated carbocycles. The molecule has 0 N–H and O–H groups in total. The van der Waals surface area contributed by atoms with Gasteiger partial charge in [-0.3, -0.25) is 0 Å². The molecule has 3 aromatic heterocycles. The van der Waals surface area contributed by atoms with E-state index in [1.165, 1.54) is 0 Å². The van der Waals surface area contributed by atoms with Crippen molar-refractivity contribution in [3.63, 3.8) is 0 Å². The number of nitrogens with zero attached hydrogens (tertiary/aromatic N) is 4. The van der Waals surface area contributed by atoms with Gasteiger partial charge < -0.3 is 0 Å². The summed E-state index contributed by atoms with van der Waals surface area (Å²) in [5.41, 5.74) is 4.42. The van der Waals surface area contributed by atoms with Gasteiger partial charge in [0.25, 0.3) is 0 Å². The molecule has 0 radical (unpaired) electrons. The Labute approximate surface area is 103 Å². The molecule has 86 valence electrons. The molecular formula is C12H11ClN4. The van der Waals surface area contributed by atoms with Gasteiger partial charge in [0.2, 0.25) is 0 Å². The van der Waals surface area contributed by atoms with E-state index in [4.69, 9.17) is 11.6 Å². The Morgan fingerprint density at radius 3 is 2.53 bits per heavy atom. The van der Waals surface area contributed by atoms with Crippen LogP contribution in [0.25, 0.3) is 16.7 Å². The first-order valence-corrected chi connectivity index (χ1v) is 5.74. The average Bonchev–Trinajstić information content (AvgIpc) is 2.56. The Bertz CT molecular complexity index is 745. The maximum atomic E-state index is 6.16. The number of rotatable bonds is 0. The molecule has 0 atom stereocenters. The van der Waals surface area contributed by atoms with E-state index in [9.17, 15) is 0 Å². The molecule has 0 fully saturated rings. The SMILES string of the molecule is Cc1cc(C)c2c(n1)nn1c(Cl)cc(C)nc21. The molecule has 0 saturated heterocycles. The number of hydrogen-bond acceptors (Lipinski definition) is 3. The topological polar surface area (TPSA) is 43.1 Å². The van der Waals surface area contributed by atoms with Gasteiger partial charge in [-0.1, -0.05) is 11.6 Å². The summed E-state index contributed by atoms with van der Waals surface area (Å²) in [4.78, 5) is 8.91. The van der Waals surface area contributed by atoms with E-state index in [2.05, 4.69) is 15.1 Å². The van der Waals surface area contributed by atoms with E-state index in [0.717, 1.165) is 28.0 Å². The van der Waals surface area contributed by atoms with Crippen LogP contribution >= 0.6 is 11.6 Å². The van der Waals surface area contributed by atoms with E-state index >= 15 is 0 Å². The van der Waals surface area contributed by atoms with Gasteiger partial charge in [-0.25, -0.2) is 14.5 Å². The first-order chi connectivity index (χ1) is 8.06. The zero-order valence-corrected chi connectivity index (χ0v) is 10.6. The highest BCUT2D eigenvalue weighted by Gasteiger charge is 2.13. The molecule has 17 heavy (non-hydrogen) atoms. The summed E-state index contributed by atoms with van der Waals surface area (Å²) in [5.74, 6) is 0. The van der Waals surface area contributed by atoms with Gasteiger partial charge in [0.05, 0.1) is 5.39 Å². The van der Waals surface area contributed by atoms with Gasteiger partial charge in [-0.2, -0.15) is 0 Å². The maximum absolute atomic E-state index is 6.16. The van der Waals surface area contributed by atoms with Crippen molar-refractivity contribution in [2.24, 2.45) is 0 Å². The predicted octanol–water partition coefficient (Wildman–Crippen LogP) is 2.86. The van der Waals surface area contributed by atoms with Crippen molar-refractivity contribution in [2.75, 3.05) is 0 Å². The minimum atomic E-state index is 0.558. The van der Waals surface area contributed by atoms with Crippen LogP contribution in [0.4, 0.5) is 0 Å². The molecule has 3 aromatic rings. The molecule has 0 bridgehead atoms. The fourth-order valence-corrected chi connectivity index (χ4v) is 2.37. The first-order valence-electron chi connectivity index (χ1n) is 5.36. The second-order valence-electron chi connectivity index (χ2n) is 4.23. The van der Waals surface area contributed by atoms with Crippen molar-refractivity contribution in [1.82, 2.24) is 19.6 Å². The summed E-state index contributed by atoms with van der Waals surface area (Å²) in [7, 11) is 0. The van der Waals surface area contributed by atoms with Crippen LogP contribution in [0.15, 0.2) is 12.1 Å². The number of pyridine rings is 1. The van der Waals surface area contributed by atoms with Crippen LogP contribution in [0.1, 0.15) is 17.0 Å². The zero-order chi connectivity index (χ0) is 12.2. The summed E-state index contributed by atoms with van der Waals surface area (Å²) in [5, 5.41) is 5.92. The zero-order valence-electron chi connectivity index (χ0n) is 9.82. The minimum Gasteiger partial charge on any atom is -0.233 e. The Hall–Kier alpha value is -1.68. The lowest BCUT2D eigenvalue weighted by atomic mass is 10.2. The second kappa shape index (κ2) is 3.40. The molecule has 5 heteroatoms. The highest BCUT2D eigenvalue weighted by molar-refractivity contribution is 6.30. The lowest BCUT2D eigenvalue weighted by Crippen LogP contribution is -1.93. The van der Waals surface area contributed by atoms with Gasteiger partial charge in [-0.15, -0.1) is 5.10 Å². The molecule has 0 amide bonds.